The van der Waals surface area contributed by atoms with Crippen LogP contribution in [-0.2, 0) is 17.1 Å². The summed E-state index contributed by atoms with van der Waals surface area (Å²) in [4.78, 5) is 3.73. The first-order valence-corrected chi connectivity index (χ1v) is 7.86. The molecule has 10 heteroatoms. The minimum Gasteiger partial charge on any atom is -0.383 e. The van der Waals surface area contributed by atoms with Gasteiger partial charge in [-0.15, -0.1) is 10.2 Å². The lowest BCUT2D eigenvalue weighted by molar-refractivity contribution is 0.553. The van der Waals surface area contributed by atoms with E-state index in [1.165, 1.54) is 18.6 Å². The number of pyridine rings is 1. The van der Waals surface area contributed by atoms with Crippen LogP contribution in [0, 0.1) is 0 Å². The number of halogens is 1. The maximum Gasteiger partial charge on any atom is 0.244 e. The SMILES string of the molecule is CC(NS(=O)(=O)c1cc(Br)cnc1N)c1nncn1C. The van der Waals surface area contributed by atoms with Crippen LogP contribution in [0.15, 0.2) is 28.0 Å². The van der Waals surface area contributed by atoms with Gasteiger partial charge in [-0.05, 0) is 28.9 Å². The zero-order valence-electron chi connectivity index (χ0n) is 10.8. The van der Waals surface area contributed by atoms with Gasteiger partial charge in [0.15, 0.2) is 0 Å². The van der Waals surface area contributed by atoms with Crippen molar-refractivity contribution in [2.45, 2.75) is 17.9 Å². The number of aryl methyl sites for hydroxylation is 1. The van der Waals surface area contributed by atoms with Gasteiger partial charge in [0.25, 0.3) is 0 Å². The van der Waals surface area contributed by atoms with Gasteiger partial charge in [-0.2, -0.15) is 0 Å². The fourth-order valence-electron chi connectivity index (χ4n) is 1.68. The number of nitrogen functional groups attached to an aromatic ring is 1. The van der Waals surface area contributed by atoms with Gasteiger partial charge < -0.3 is 10.3 Å². The van der Waals surface area contributed by atoms with Gasteiger partial charge >= 0.3 is 0 Å². The van der Waals surface area contributed by atoms with Crippen LogP contribution in [0.3, 0.4) is 0 Å². The number of rotatable bonds is 4. The predicted octanol–water partition coefficient (Wildman–Crippen LogP) is 0.594. The van der Waals surface area contributed by atoms with Crippen LogP contribution in [0.25, 0.3) is 0 Å². The van der Waals surface area contributed by atoms with Gasteiger partial charge in [0.2, 0.25) is 10.0 Å². The summed E-state index contributed by atoms with van der Waals surface area (Å²) in [5.41, 5.74) is 5.62. The summed E-state index contributed by atoms with van der Waals surface area (Å²) < 4.78 is 29.3. The van der Waals surface area contributed by atoms with Gasteiger partial charge in [-0.3, -0.25) is 0 Å². The Hall–Kier alpha value is -1.52. The number of nitrogens with two attached hydrogens (primary N) is 1. The summed E-state index contributed by atoms with van der Waals surface area (Å²) in [7, 11) is -2.07. The average molecular weight is 361 g/mol. The van der Waals surface area contributed by atoms with Crippen molar-refractivity contribution in [3.8, 4) is 0 Å². The smallest absolute Gasteiger partial charge is 0.244 e. The zero-order chi connectivity index (χ0) is 14.9. The van der Waals surface area contributed by atoms with Crippen LogP contribution in [0.4, 0.5) is 5.82 Å². The molecule has 2 heterocycles. The maximum absolute atomic E-state index is 12.3. The molecule has 0 aliphatic carbocycles. The van der Waals surface area contributed by atoms with Gasteiger partial charge in [-0.25, -0.2) is 18.1 Å². The highest BCUT2D eigenvalue weighted by molar-refractivity contribution is 9.10. The number of hydrogen-bond donors (Lipinski definition) is 2. The Kier molecular flexibility index (Phi) is 4.06. The lowest BCUT2D eigenvalue weighted by Crippen LogP contribution is -2.29. The monoisotopic (exact) mass is 360 g/mol. The topological polar surface area (TPSA) is 116 Å². The van der Waals surface area contributed by atoms with Crippen LogP contribution in [0.2, 0.25) is 0 Å². The highest BCUT2D eigenvalue weighted by Gasteiger charge is 2.23. The van der Waals surface area contributed by atoms with Gasteiger partial charge in [0.05, 0.1) is 6.04 Å². The standard InChI is InChI=1S/C10H13BrN6O2S/c1-6(10-15-14-5-17(10)2)16-20(18,19)8-3-7(11)4-13-9(8)12/h3-6,16H,1-2H3,(H2,12,13). The molecule has 0 saturated heterocycles. The Morgan fingerprint density at radius 2 is 2.20 bits per heavy atom. The molecule has 0 amide bonds. The molecule has 2 aromatic heterocycles. The minimum absolute atomic E-state index is 0.0640. The maximum atomic E-state index is 12.3. The molecule has 108 valence electrons. The molecule has 0 fully saturated rings. The average Bonchev–Trinajstić information content (AvgIpc) is 2.78. The second-order valence-corrected chi connectivity index (χ2v) is 6.78. The number of nitrogens with zero attached hydrogens (tertiary/aromatic N) is 4. The third kappa shape index (κ3) is 2.97. The lowest BCUT2D eigenvalue weighted by Gasteiger charge is -2.14. The summed E-state index contributed by atoms with van der Waals surface area (Å²) in [6, 6.07) is 0.847. The van der Waals surface area contributed by atoms with Crippen molar-refractivity contribution < 1.29 is 8.42 Å². The number of anilines is 1. The largest absolute Gasteiger partial charge is 0.383 e. The lowest BCUT2D eigenvalue weighted by atomic mass is 10.3. The van der Waals surface area contributed by atoms with Crippen molar-refractivity contribution in [1.82, 2.24) is 24.5 Å². The first-order valence-electron chi connectivity index (χ1n) is 5.58. The van der Waals surface area contributed by atoms with Gasteiger partial charge in [-0.1, -0.05) is 0 Å². The van der Waals surface area contributed by atoms with Gasteiger partial charge in [0, 0.05) is 17.7 Å². The highest BCUT2D eigenvalue weighted by Crippen LogP contribution is 2.22. The molecule has 0 aliphatic heterocycles. The Morgan fingerprint density at radius 1 is 1.50 bits per heavy atom. The van der Waals surface area contributed by atoms with Gasteiger partial charge in [0.1, 0.15) is 22.9 Å². The molecule has 3 N–H and O–H groups in total. The van der Waals surface area contributed by atoms with E-state index >= 15 is 0 Å². The number of aromatic nitrogens is 4. The van der Waals surface area contributed by atoms with Crippen LogP contribution in [0.5, 0.6) is 0 Å². The molecular weight excluding hydrogens is 348 g/mol. The molecule has 0 aliphatic rings. The van der Waals surface area contributed by atoms with E-state index in [9.17, 15) is 8.42 Å². The summed E-state index contributed by atoms with van der Waals surface area (Å²) in [5.74, 6) is 0.431. The Morgan fingerprint density at radius 3 is 2.80 bits per heavy atom. The fourth-order valence-corrected chi connectivity index (χ4v) is 3.47. The first kappa shape index (κ1) is 14.9. The zero-order valence-corrected chi connectivity index (χ0v) is 13.2. The second kappa shape index (κ2) is 5.46. The van der Waals surface area contributed by atoms with E-state index in [-0.39, 0.29) is 10.7 Å². The van der Waals surface area contributed by atoms with Crippen molar-refractivity contribution in [2.75, 3.05) is 5.73 Å². The molecular formula is C10H13BrN6O2S. The molecule has 8 nitrogen and oxygen atoms in total. The van der Waals surface area contributed by atoms with Crippen molar-refractivity contribution in [3.05, 3.63) is 28.9 Å². The predicted molar refractivity (Wildman–Crippen MR) is 76.1 cm³/mol. The van der Waals surface area contributed by atoms with E-state index in [2.05, 4.69) is 35.8 Å². The van der Waals surface area contributed by atoms with E-state index in [0.29, 0.717) is 10.3 Å². The summed E-state index contributed by atoms with van der Waals surface area (Å²) in [6.45, 7) is 1.67. The number of hydrogen-bond acceptors (Lipinski definition) is 6. The Bertz CT molecular complexity index is 729. The summed E-state index contributed by atoms with van der Waals surface area (Å²) >= 11 is 3.17. The molecule has 2 aromatic rings. The molecule has 1 unspecified atom stereocenters. The summed E-state index contributed by atoms with van der Waals surface area (Å²) in [6.07, 6.45) is 2.93. The third-order valence-corrected chi connectivity index (χ3v) is 4.61. The molecule has 0 bridgehead atoms. The number of nitrogens with one attached hydrogen (secondary N) is 1. The molecule has 0 radical (unpaired) electrons. The van der Waals surface area contributed by atoms with E-state index in [4.69, 9.17) is 5.73 Å². The normalized spacial score (nSPS) is 13.3. The minimum atomic E-state index is -3.80. The fraction of sp³-hybridized carbons (Fsp3) is 0.300. The molecule has 0 saturated carbocycles. The Labute approximate surface area is 124 Å². The number of sulfonamides is 1. The molecule has 1 atom stereocenters. The molecule has 0 spiro atoms. The second-order valence-electron chi connectivity index (χ2n) is 4.18. The van der Waals surface area contributed by atoms with Crippen LogP contribution in [0.1, 0.15) is 18.8 Å². The van der Waals surface area contributed by atoms with Crippen molar-refractivity contribution in [2.24, 2.45) is 7.05 Å². The van der Waals surface area contributed by atoms with Crippen LogP contribution >= 0.6 is 15.9 Å². The first-order chi connectivity index (χ1) is 9.31. The van der Waals surface area contributed by atoms with Crippen molar-refractivity contribution in [3.63, 3.8) is 0 Å². The molecule has 2 rings (SSSR count). The van der Waals surface area contributed by atoms with E-state index in [1.807, 2.05) is 0 Å². The Balaban J connectivity index is 2.32. The molecule has 20 heavy (non-hydrogen) atoms. The van der Waals surface area contributed by atoms with E-state index in [1.54, 1.807) is 18.5 Å². The van der Waals surface area contributed by atoms with E-state index < -0.39 is 16.1 Å². The van der Waals surface area contributed by atoms with Crippen molar-refractivity contribution >= 4 is 31.8 Å². The van der Waals surface area contributed by atoms with Crippen LogP contribution < -0.4 is 10.5 Å². The summed E-state index contributed by atoms with van der Waals surface area (Å²) in [5, 5.41) is 7.57. The highest BCUT2D eigenvalue weighted by atomic mass is 79.9. The van der Waals surface area contributed by atoms with E-state index in [0.717, 1.165) is 0 Å². The quantitative estimate of drug-likeness (QED) is 0.824. The molecule has 0 aromatic carbocycles. The third-order valence-electron chi connectivity index (χ3n) is 2.60. The van der Waals surface area contributed by atoms with Crippen LogP contribution in [-0.4, -0.2) is 28.2 Å². The van der Waals surface area contributed by atoms with Crippen molar-refractivity contribution in [1.29, 1.82) is 0 Å².